The van der Waals surface area contributed by atoms with E-state index in [1.807, 2.05) is 0 Å². The molecule has 0 amide bonds. The zero-order valence-electron chi connectivity index (χ0n) is 11.0. The number of nitrogens with zero attached hydrogens (tertiary/aromatic N) is 2. The van der Waals surface area contributed by atoms with Gasteiger partial charge < -0.3 is 4.74 Å². The molecule has 0 bridgehead atoms. The zero-order valence-corrected chi connectivity index (χ0v) is 11.8. The summed E-state index contributed by atoms with van der Waals surface area (Å²) in [6, 6.07) is 6.71. The number of aryl methyl sites for hydroxylation is 1. The van der Waals surface area contributed by atoms with E-state index in [1.54, 1.807) is 7.05 Å². The first-order chi connectivity index (χ1) is 9.88. The van der Waals surface area contributed by atoms with Gasteiger partial charge in [0.15, 0.2) is 0 Å². The van der Waals surface area contributed by atoms with Gasteiger partial charge in [0.1, 0.15) is 18.2 Å². The monoisotopic (exact) mass is 317 g/mol. The van der Waals surface area contributed by atoms with E-state index in [0.29, 0.717) is 5.82 Å². The molecule has 1 heterocycles. The van der Waals surface area contributed by atoms with Crippen molar-refractivity contribution in [2.75, 3.05) is 11.3 Å². The standard InChI is InChI=1S/C12H13F2N3O3S/c1-17-12(6-7-15-17)16-21(18,19)10-4-2-9(3-5-10)20-8-11(13)14/h2-7,11,16H,8H2,1H3. The summed E-state index contributed by atoms with van der Waals surface area (Å²) in [5, 5.41) is 3.85. The molecule has 2 rings (SSSR count). The van der Waals surface area contributed by atoms with Crippen molar-refractivity contribution >= 4 is 15.8 Å². The summed E-state index contributed by atoms with van der Waals surface area (Å²) in [7, 11) is -2.17. The minimum atomic E-state index is -3.77. The van der Waals surface area contributed by atoms with Crippen molar-refractivity contribution in [3.8, 4) is 5.75 Å². The van der Waals surface area contributed by atoms with E-state index in [-0.39, 0.29) is 10.6 Å². The molecule has 2 aromatic rings. The second kappa shape index (κ2) is 6.08. The Morgan fingerprint density at radius 3 is 2.48 bits per heavy atom. The number of hydrogen-bond donors (Lipinski definition) is 1. The summed E-state index contributed by atoms with van der Waals surface area (Å²) in [6.07, 6.45) is -1.13. The van der Waals surface area contributed by atoms with E-state index in [1.165, 1.54) is 41.2 Å². The first-order valence-electron chi connectivity index (χ1n) is 5.90. The van der Waals surface area contributed by atoms with Gasteiger partial charge in [-0.1, -0.05) is 0 Å². The molecule has 0 aliphatic carbocycles. The number of rotatable bonds is 6. The Morgan fingerprint density at radius 1 is 1.29 bits per heavy atom. The van der Waals surface area contributed by atoms with Gasteiger partial charge >= 0.3 is 0 Å². The first-order valence-corrected chi connectivity index (χ1v) is 7.38. The number of aromatic nitrogens is 2. The molecule has 0 saturated carbocycles. The lowest BCUT2D eigenvalue weighted by Gasteiger charge is -2.09. The highest BCUT2D eigenvalue weighted by molar-refractivity contribution is 7.92. The highest BCUT2D eigenvalue weighted by Gasteiger charge is 2.16. The maximum absolute atomic E-state index is 12.1. The van der Waals surface area contributed by atoms with Gasteiger partial charge in [-0.25, -0.2) is 17.2 Å². The Bertz CT molecular complexity index is 699. The van der Waals surface area contributed by atoms with Crippen molar-refractivity contribution in [3.63, 3.8) is 0 Å². The van der Waals surface area contributed by atoms with Gasteiger partial charge in [-0.3, -0.25) is 9.40 Å². The quantitative estimate of drug-likeness (QED) is 0.882. The number of nitrogens with one attached hydrogen (secondary N) is 1. The molecule has 1 N–H and O–H groups in total. The topological polar surface area (TPSA) is 73.2 Å². The molecule has 9 heteroatoms. The van der Waals surface area contributed by atoms with Crippen LogP contribution in [-0.4, -0.2) is 31.2 Å². The van der Waals surface area contributed by atoms with E-state index in [0.717, 1.165) is 0 Å². The van der Waals surface area contributed by atoms with Crippen LogP contribution in [0, 0.1) is 0 Å². The molecular weight excluding hydrogens is 304 g/mol. The predicted octanol–water partition coefficient (Wildman–Crippen LogP) is 1.86. The van der Waals surface area contributed by atoms with Gasteiger partial charge in [-0.15, -0.1) is 0 Å². The van der Waals surface area contributed by atoms with Crippen LogP contribution in [0.3, 0.4) is 0 Å². The van der Waals surface area contributed by atoms with Gasteiger partial charge in [0.25, 0.3) is 16.4 Å². The van der Waals surface area contributed by atoms with Crippen LogP contribution in [0.1, 0.15) is 0 Å². The second-order valence-electron chi connectivity index (χ2n) is 4.12. The summed E-state index contributed by atoms with van der Waals surface area (Å²) < 4.78 is 56.7. The molecule has 0 spiro atoms. The van der Waals surface area contributed by atoms with Gasteiger partial charge in [0.2, 0.25) is 0 Å². The second-order valence-corrected chi connectivity index (χ2v) is 5.80. The Morgan fingerprint density at radius 2 is 1.95 bits per heavy atom. The molecule has 0 aliphatic heterocycles. The molecule has 114 valence electrons. The smallest absolute Gasteiger partial charge is 0.272 e. The summed E-state index contributed by atoms with van der Waals surface area (Å²) in [5.74, 6) is 0.489. The van der Waals surface area contributed by atoms with E-state index in [4.69, 9.17) is 4.74 Å². The van der Waals surface area contributed by atoms with Crippen molar-refractivity contribution in [2.45, 2.75) is 11.3 Å². The predicted molar refractivity (Wildman–Crippen MR) is 72.0 cm³/mol. The van der Waals surface area contributed by atoms with E-state index in [2.05, 4.69) is 9.82 Å². The number of sulfonamides is 1. The first kappa shape index (κ1) is 15.2. The third-order valence-corrected chi connectivity index (χ3v) is 3.94. The fraction of sp³-hybridized carbons (Fsp3) is 0.250. The lowest BCUT2D eigenvalue weighted by atomic mass is 10.3. The van der Waals surface area contributed by atoms with Crippen molar-refractivity contribution in [2.24, 2.45) is 7.05 Å². The van der Waals surface area contributed by atoms with E-state index in [9.17, 15) is 17.2 Å². The van der Waals surface area contributed by atoms with Crippen LogP contribution in [0.25, 0.3) is 0 Å². The molecule has 0 radical (unpaired) electrons. The van der Waals surface area contributed by atoms with Crippen LogP contribution < -0.4 is 9.46 Å². The summed E-state index contributed by atoms with van der Waals surface area (Å²) in [5.41, 5.74) is 0. The zero-order chi connectivity index (χ0) is 15.5. The third kappa shape index (κ3) is 3.91. The normalized spacial score (nSPS) is 11.6. The molecule has 21 heavy (non-hydrogen) atoms. The van der Waals surface area contributed by atoms with Crippen molar-refractivity contribution < 1.29 is 21.9 Å². The average molecular weight is 317 g/mol. The van der Waals surface area contributed by atoms with Crippen LogP contribution in [0.5, 0.6) is 5.75 Å². The number of alkyl halides is 2. The molecule has 0 unspecified atom stereocenters. The lowest BCUT2D eigenvalue weighted by molar-refractivity contribution is 0.0819. The Labute approximate surface area is 120 Å². The van der Waals surface area contributed by atoms with Crippen molar-refractivity contribution in [1.82, 2.24) is 9.78 Å². The van der Waals surface area contributed by atoms with E-state index < -0.39 is 23.1 Å². The minimum absolute atomic E-state index is 0.00639. The van der Waals surface area contributed by atoms with Crippen LogP contribution in [-0.2, 0) is 17.1 Å². The molecule has 1 aromatic carbocycles. The number of ether oxygens (including phenoxy) is 1. The fourth-order valence-corrected chi connectivity index (χ4v) is 2.63. The molecule has 0 atom stereocenters. The minimum Gasteiger partial charge on any atom is -0.488 e. The third-order valence-electron chi connectivity index (χ3n) is 2.57. The Balaban J connectivity index is 2.12. The SMILES string of the molecule is Cn1nccc1NS(=O)(=O)c1ccc(OCC(F)F)cc1. The number of benzene rings is 1. The summed E-state index contributed by atoms with van der Waals surface area (Å²) >= 11 is 0. The van der Waals surface area contributed by atoms with Crippen molar-refractivity contribution in [3.05, 3.63) is 36.5 Å². The fourth-order valence-electron chi connectivity index (χ4n) is 1.54. The van der Waals surface area contributed by atoms with Gasteiger partial charge in [0.05, 0.1) is 11.1 Å². The molecular formula is C12H13F2N3O3S. The number of halogens is 2. The highest BCUT2D eigenvalue weighted by Crippen LogP contribution is 2.19. The number of anilines is 1. The van der Waals surface area contributed by atoms with E-state index >= 15 is 0 Å². The number of hydrogen-bond acceptors (Lipinski definition) is 4. The molecule has 6 nitrogen and oxygen atoms in total. The molecule has 0 fully saturated rings. The molecule has 0 saturated heterocycles. The van der Waals surface area contributed by atoms with Crippen LogP contribution in [0.15, 0.2) is 41.4 Å². The van der Waals surface area contributed by atoms with Crippen LogP contribution >= 0.6 is 0 Å². The molecule has 0 aliphatic rings. The van der Waals surface area contributed by atoms with Crippen molar-refractivity contribution in [1.29, 1.82) is 0 Å². The summed E-state index contributed by atoms with van der Waals surface area (Å²) in [6.45, 7) is -0.737. The maximum Gasteiger partial charge on any atom is 0.272 e. The largest absolute Gasteiger partial charge is 0.488 e. The van der Waals surface area contributed by atoms with Gasteiger partial charge in [0, 0.05) is 13.1 Å². The van der Waals surface area contributed by atoms with Crippen LogP contribution in [0.2, 0.25) is 0 Å². The van der Waals surface area contributed by atoms with Crippen LogP contribution in [0.4, 0.5) is 14.6 Å². The van der Waals surface area contributed by atoms with Gasteiger partial charge in [-0.05, 0) is 24.3 Å². The lowest BCUT2D eigenvalue weighted by Crippen LogP contribution is -2.15. The summed E-state index contributed by atoms with van der Waals surface area (Å²) in [4.78, 5) is -0.00639. The van der Waals surface area contributed by atoms with Gasteiger partial charge in [-0.2, -0.15) is 5.10 Å². The Kier molecular flexibility index (Phi) is 4.41. The highest BCUT2D eigenvalue weighted by atomic mass is 32.2. The molecule has 1 aromatic heterocycles. The Hall–Kier alpha value is -2.16. The maximum atomic E-state index is 12.1. The average Bonchev–Trinajstić information content (AvgIpc) is 2.82.